The molecule has 0 spiro atoms. The lowest BCUT2D eigenvalue weighted by atomic mass is 10.1. The van der Waals surface area contributed by atoms with E-state index in [-0.39, 0.29) is 0 Å². The van der Waals surface area contributed by atoms with Crippen LogP contribution in [-0.4, -0.2) is 55.1 Å². The van der Waals surface area contributed by atoms with Crippen LogP contribution in [0.1, 0.15) is 31.2 Å². The lowest BCUT2D eigenvalue weighted by Gasteiger charge is -2.34. The van der Waals surface area contributed by atoms with Gasteiger partial charge in [-0.25, -0.2) is 0 Å². The minimum Gasteiger partial charge on any atom is -0.314 e. The molecule has 0 aromatic heterocycles. The van der Waals surface area contributed by atoms with E-state index in [0.717, 1.165) is 12.6 Å². The van der Waals surface area contributed by atoms with Crippen LogP contribution >= 0.6 is 0 Å². The standard InChI is InChI=1S/C18H29N3/c1-2-6-17(7-3-1)16-21-14-12-20(13-15-21)11-5-9-18-8-4-10-19-18/h1-3,6-7,18-19H,4-5,8-16H2. The molecular weight excluding hydrogens is 258 g/mol. The van der Waals surface area contributed by atoms with Gasteiger partial charge >= 0.3 is 0 Å². The fraction of sp³-hybridized carbons (Fsp3) is 0.667. The zero-order chi connectivity index (χ0) is 14.3. The van der Waals surface area contributed by atoms with Crippen LogP contribution in [0.2, 0.25) is 0 Å². The Morgan fingerprint density at radius 3 is 2.48 bits per heavy atom. The summed E-state index contributed by atoms with van der Waals surface area (Å²) < 4.78 is 0. The third kappa shape index (κ3) is 4.80. The second kappa shape index (κ2) is 7.92. The summed E-state index contributed by atoms with van der Waals surface area (Å²) in [6, 6.07) is 11.7. The topological polar surface area (TPSA) is 18.5 Å². The molecule has 116 valence electrons. The average Bonchev–Trinajstić information content (AvgIpc) is 3.03. The van der Waals surface area contributed by atoms with E-state index in [4.69, 9.17) is 0 Å². The van der Waals surface area contributed by atoms with Crippen LogP contribution in [-0.2, 0) is 6.54 Å². The molecule has 0 aliphatic carbocycles. The monoisotopic (exact) mass is 287 g/mol. The van der Waals surface area contributed by atoms with E-state index in [1.165, 1.54) is 70.5 Å². The summed E-state index contributed by atoms with van der Waals surface area (Å²) in [6.45, 7) is 8.56. The van der Waals surface area contributed by atoms with Crippen LogP contribution in [0.4, 0.5) is 0 Å². The first-order valence-corrected chi connectivity index (χ1v) is 8.62. The smallest absolute Gasteiger partial charge is 0.0234 e. The molecule has 21 heavy (non-hydrogen) atoms. The summed E-state index contributed by atoms with van der Waals surface area (Å²) >= 11 is 0. The molecule has 2 heterocycles. The molecule has 1 unspecified atom stereocenters. The van der Waals surface area contributed by atoms with Gasteiger partial charge in [0.15, 0.2) is 0 Å². The zero-order valence-electron chi connectivity index (χ0n) is 13.1. The van der Waals surface area contributed by atoms with Crippen molar-refractivity contribution >= 4 is 0 Å². The van der Waals surface area contributed by atoms with Crippen LogP contribution in [0, 0.1) is 0 Å². The highest BCUT2D eigenvalue weighted by Crippen LogP contribution is 2.13. The molecule has 0 saturated carbocycles. The molecule has 1 atom stereocenters. The Morgan fingerprint density at radius 2 is 1.76 bits per heavy atom. The first-order valence-electron chi connectivity index (χ1n) is 8.62. The average molecular weight is 287 g/mol. The van der Waals surface area contributed by atoms with Gasteiger partial charge in [0.05, 0.1) is 0 Å². The molecule has 2 saturated heterocycles. The van der Waals surface area contributed by atoms with Crippen LogP contribution < -0.4 is 5.32 Å². The van der Waals surface area contributed by atoms with Crippen LogP contribution in [0.5, 0.6) is 0 Å². The first-order chi connectivity index (χ1) is 10.4. The van der Waals surface area contributed by atoms with Gasteiger partial charge < -0.3 is 10.2 Å². The van der Waals surface area contributed by atoms with Crippen LogP contribution in [0.3, 0.4) is 0 Å². The molecule has 3 heteroatoms. The van der Waals surface area contributed by atoms with E-state index in [1.807, 2.05) is 0 Å². The normalized spacial score (nSPS) is 24.5. The van der Waals surface area contributed by atoms with Crippen molar-refractivity contribution < 1.29 is 0 Å². The maximum atomic E-state index is 3.60. The lowest BCUT2D eigenvalue weighted by molar-refractivity contribution is 0.125. The minimum atomic E-state index is 0.810. The second-order valence-electron chi connectivity index (χ2n) is 6.54. The summed E-state index contributed by atoms with van der Waals surface area (Å²) in [4.78, 5) is 5.24. The fourth-order valence-electron chi connectivity index (χ4n) is 3.58. The molecule has 0 radical (unpaired) electrons. The summed E-state index contributed by atoms with van der Waals surface area (Å²) in [6.07, 6.45) is 5.49. The predicted molar refractivity (Wildman–Crippen MR) is 88.4 cm³/mol. The molecule has 1 N–H and O–H groups in total. The Balaban J connectivity index is 1.31. The van der Waals surface area contributed by atoms with Gasteiger partial charge in [-0.3, -0.25) is 4.90 Å². The summed E-state index contributed by atoms with van der Waals surface area (Å²) in [7, 11) is 0. The molecule has 3 nitrogen and oxygen atoms in total. The summed E-state index contributed by atoms with van der Waals surface area (Å²) in [5.74, 6) is 0. The van der Waals surface area contributed by atoms with Crippen molar-refractivity contribution in [1.29, 1.82) is 0 Å². The number of nitrogens with zero attached hydrogens (tertiary/aromatic N) is 2. The van der Waals surface area contributed by atoms with Crippen LogP contribution in [0.25, 0.3) is 0 Å². The van der Waals surface area contributed by atoms with E-state index in [2.05, 4.69) is 45.4 Å². The van der Waals surface area contributed by atoms with E-state index in [0.29, 0.717) is 0 Å². The van der Waals surface area contributed by atoms with Gasteiger partial charge in [-0.2, -0.15) is 0 Å². The maximum absolute atomic E-state index is 3.60. The minimum absolute atomic E-state index is 0.810. The summed E-state index contributed by atoms with van der Waals surface area (Å²) in [5, 5.41) is 3.60. The van der Waals surface area contributed by atoms with Crippen molar-refractivity contribution in [3.05, 3.63) is 35.9 Å². The molecule has 0 amide bonds. The van der Waals surface area contributed by atoms with Crippen molar-refractivity contribution in [2.24, 2.45) is 0 Å². The quantitative estimate of drug-likeness (QED) is 0.866. The number of nitrogens with one attached hydrogen (secondary N) is 1. The largest absolute Gasteiger partial charge is 0.314 e. The Labute approximate surface area is 129 Å². The zero-order valence-corrected chi connectivity index (χ0v) is 13.1. The molecule has 2 aliphatic heterocycles. The number of hydrogen-bond acceptors (Lipinski definition) is 3. The molecule has 1 aromatic rings. The van der Waals surface area contributed by atoms with Crippen molar-refractivity contribution in [1.82, 2.24) is 15.1 Å². The van der Waals surface area contributed by atoms with Gasteiger partial charge in [-0.15, -0.1) is 0 Å². The second-order valence-corrected chi connectivity index (χ2v) is 6.54. The van der Waals surface area contributed by atoms with Crippen molar-refractivity contribution in [3.63, 3.8) is 0 Å². The number of piperazine rings is 1. The van der Waals surface area contributed by atoms with E-state index >= 15 is 0 Å². The number of hydrogen-bond donors (Lipinski definition) is 1. The van der Waals surface area contributed by atoms with Crippen LogP contribution in [0.15, 0.2) is 30.3 Å². The van der Waals surface area contributed by atoms with Crippen molar-refractivity contribution in [2.75, 3.05) is 39.3 Å². The number of rotatable bonds is 6. The van der Waals surface area contributed by atoms with Gasteiger partial charge in [-0.05, 0) is 44.3 Å². The Hall–Kier alpha value is -0.900. The van der Waals surface area contributed by atoms with E-state index in [9.17, 15) is 0 Å². The molecule has 2 fully saturated rings. The van der Waals surface area contributed by atoms with Crippen molar-refractivity contribution in [2.45, 2.75) is 38.3 Å². The Bertz CT molecular complexity index is 392. The molecular formula is C18H29N3. The molecule has 0 bridgehead atoms. The lowest BCUT2D eigenvalue weighted by Crippen LogP contribution is -2.46. The van der Waals surface area contributed by atoms with E-state index < -0.39 is 0 Å². The van der Waals surface area contributed by atoms with Gasteiger partial charge in [0, 0.05) is 38.8 Å². The predicted octanol–water partition coefficient (Wildman–Crippen LogP) is 2.34. The van der Waals surface area contributed by atoms with E-state index in [1.54, 1.807) is 0 Å². The SMILES string of the molecule is c1ccc(CN2CCN(CCCC3CCCN3)CC2)cc1. The fourth-order valence-corrected chi connectivity index (χ4v) is 3.58. The van der Waals surface area contributed by atoms with Gasteiger partial charge in [0.25, 0.3) is 0 Å². The van der Waals surface area contributed by atoms with Gasteiger partial charge in [0.2, 0.25) is 0 Å². The Kier molecular flexibility index (Phi) is 5.67. The van der Waals surface area contributed by atoms with Crippen molar-refractivity contribution in [3.8, 4) is 0 Å². The van der Waals surface area contributed by atoms with Gasteiger partial charge in [-0.1, -0.05) is 30.3 Å². The third-order valence-corrected chi connectivity index (χ3v) is 4.90. The molecule has 2 aliphatic rings. The first kappa shape index (κ1) is 15.0. The Morgan fingerprint density at radius 1 is 1.00 bits per heavy atom. The highest BCUT2D eigenvalue weighted by molar-refractivity contribution is 5.14. The number of benzene rings is 1. The molecule has 1 aromatic carbocycles. The highest BCUT2D eigenvalue weighted by Gasteiger charge is 2.18. The summed E-state index contributed by atoms with van der Waals surface area (Å²) in [5.41, 5.74) is 1.44. The van der Waals surface area contributed by atoms with Gasteiger partial charge in [0.1, 0.15) is 0 Å². The highest BCUT2D eigenvalue weighted by atomic mass is 15.3. The third-order valence-electron chi connectivity index (χ3n) is 4.90. The molecule has 3 rings (SSSR count). The maximum Gasteiger partial charge on any atom is 0.0234 e.